The predicted molar refractivity (Wildman–Crippen MR) is 131 cm³/mol. The molecule has 2 atom stereocenters. The number of halogens is 2. The summed E-state index contributed by atoms with van der Waals surface area (Å²) in [6, 6.07) is 3.48. The van der Waals surface area contributed by atoms with Crippen LogP contribution in [0.5, 0.6) is 0 Å². The van der Waals surface area contributed by atoms with Crippen LogP contribution in [0.25, 0.3) is 5.65 Å². The topological polar surface area (TPSA) is 101 Å². The summed E-state index contributed by atoms with van der Waals surface area (Å²) in [6.07, 6.45) is 5.03. The summed E-state index contributed by atoms with van der Waals surface area (Å²) in [6.45, 7) is 6.44. The SMILES string of the molecule is CCOC(=O)[C@H](CC(C)C)NC(=O)Nc1cnn2ccc(N3CCC[C@@H]3c3cc(F)ccc3F)nc12. The van der Waals surface area contributed by atoms with Gasteiger partial charge in [0.1, 0.15) is 29.2 Å². The van der Waals surface area contributed by atoms with Gasteiger partial charge < -0.3 is 20.3 Å². The number of fused-ring (bicyclic) bond motifs is 1. The van der Waals surface area contributed by atoms with Crippen LogP contribution in [-0.4, -0.2) is 45.8 Å². The molecule has 2 N–H and O–H groups in total. The zero-order valence-electron chi connectivity index (χ0n) is 20.5. The van der Waals surface area contributed by atoms with Crippen LogP contribution in [0.1, 0.15) is 51.6 Å². The minimum Gasteiger partial charge on any atom is -0.464 e. The summed E-state index contributed by atoms with van der Waals surface area (Å²) in [5, 5.41) is 9.61. The van der Waals surface area contributed by atoms with E-state index in [4.69, 9.17) is 4.74 Å². The van der Waals surface area contributed by atoms with Crippen LogP contribution in [0.4, 0.5) is 25.1 Å². The summed E-state index contributed by atoms with van der Waals surface area (Å²) in [7, 11) is 0. The summed E-state index contributed by atoms with van der Waals surface area (Å²) in [5.74, 6) is -0.728. The first kappa shape index (κ1) is 25.3. The Morgan fingerprint density at radius 1 is 1.25 bits per heavy atom. The van der Waals surface area contributed by atoms with Crippen molar-refractivity contribution in [3.8, 4) is 0 Å². The van der Waals surface area contributed by atoms with Crippen LogP contribution in [0.3, 0.4) is 0 Å². The van der Waals surface area contributed by atoms with Gasteiger partial charge in [-0.2, -0.15) is 5.10 Å². The molecule has 9 nitrogen and oxygen atoms in total. The lowest BCUT2D eigenvalue weighted by molar-refractivity contribution is -0.145. The smallest absolute Gasteiger partial charge is 0.328 e. The van der Waals surface area contributed by atoms with Crippen molar-refractivity contribution in [1.82, 2.24) is 19.9 Å². The van der Waals surface area contributed by atoms with Gasteiger partial charge in [-0.25, -0.2) is 27.9 Å². The van der Waals surface area contributed by atoms with Crippen molar-refractivity contribution in [3.63, 3.8) is 0 Å². The molecule has 1 saturated heterocycles. The van der Waals surface area contributed by atoms with Crippen LogP contribution >= 0.6 is 0 Å². The Labute approximate surface area is 207 Å². The molecule has 0 radical (unpaired) electrons. The molecule has 36 heavy (non-hydrogen) atoms. The fourth-order valence-corrected chi connectivity index (χ4v) is 4.49. The van der Waals surface area contributed by atoms with Crippen molar-refractivity contribution in [2.24, 2.45) is 5.92 Å². The van der Waals surface area contributed by atoms with Gasteiger partial charge in [-0.05, 0) is 56.4 Å². The van der Waals surface area contributed by atoms with E-state index in [2.05, 4.69) is 20.7 Å². The molecular formula is C25H30F2N6O3. The third-order valence-corrected chi connectivity index (χ3v) is 6.05. The number of rotatable bonds is 8. The average Bonchev–Trinajstić information content (AvgIpc) is 3.47. The van der Waals surface area contributed by atoms with E-state index in [1.54, 1.807) is 19.2 Å². The standard InChI is InChI=1S/C25H30F2N6O3/c1-4-36-24(34)19(12-15(2)3)29-25(35)30-20-14-28-33-11-9-22(31-23(20)33)32-10-5-6-21(32)17-13-16(26)7-8-18(17)27/h7-9,11,13-15,19,21H,4-6,10,12H2,1-3H3,(H2,29,30,35)/t19-,21+/m0/s1. The van der Waals surface area contributed by atoms with Gasteiger partial charge in [-0.15, -0.1) is 0 Å². The number of amides is 2. The largest absolute Gasteiger partial charge is 0.464 e. The highest BCUT2D eigenvalue weighted by Crippen LogP contribution is 2.37. The molecule has 11 heteroatoms. The van der Waals surface area contributed by atoms with Gasteiger partial charge in [-0.3, -0.25) is 0 Å². The number of anilines is 2. The number of urea groups is 1. The third-order valence-electron chi connectivity index (χ3n) is 6.05. The number of esters is 1. The molecule has 192 valence electrons. The van der Waals surface area contributed by atoms with E-state index in [1.165, 1.54) is 16.8 Å². The predicted octanol–water partition coefficient (Wildman–Crippen LogP) is 4.45. The zero-order chi connectivity index (χ0) is 25.8. The molecule has 3 aromatic rings. The van der Waals surface area contributed by atoms with Crippen molar-refractivity contribution >= 4 is 29.2 Å². The Morgan fingerprint density at radius 2 is 2.06 bits per heavy atom. The number of carbonyl (C=O) groups is 2. The molecule has 0 unspecified atom stereocenters. The minimum atomic E-state index is -0.790. The molecule has 0 bridgehead atoms. The van der Waals surface area contributed by atoms with Crippen molar-refractivity contribution in [2.75, 3.05) is 23.4 Å². The molecule has 1 aliphatic rings. The van der Waals surface area contributed by atoms with E-state index in [-0.39, 0.29) is 24.1 Å². The van der Waals surface area contributed by atoms with Crippen molar-refractivity contribution < 1.29 is 23.1 Å². The molecule has 2 aromatic heterocycles. The van der Waals surface area contributed by atoms with Crippen LogP contribution < -0.4 is 15.5 Å². The number of carbonyl (C=O) groups excluding carboxylic acids is 2. The van der Waals surface area contributed by atoms with Gasteiger partial charge in [0.15, 0.2) is 5.65 Å². The van der Waals surface area contributed by atoms with Crippen molar-refractivity contribution in [1.29, 1.82) is 0 Å². The van der Waals surface area contributed by atoms with Crippen LogP contribution in [-0.2, 0) is 9.53 Å². The van der Waals surface area contributed by atoms with Gasteiger partial charge in [0.2, 0.25) is 0 Å². The Morgan fingerprint density at radius 3 is 2.81 bits per heavy atom. The molecule has 3 heterocycles. The maximum atomic E-state index is 14.5. The third kappa shape index (κ3) is 5.55. The van der Waals surface area contributed by atoms with E-state index in [9.17, 15) is 18.4 Å². The lowest BCUT2D eigenvalue weighted by Crippen LogP contribution is -2.44. The first-order valence-corrected chi connectivity index (χ1v) is 12.1. The second kappa shape index (κ2) is 10.9. The molecule has 0 aliphatic carbocycles. The lowest BCUT2D eigenvalue weighted by Gasteiger charge is -2.26. The van der Waals surface area contributed by atoms with Crippen molar-refractivity contribution in [2.45, 2.75) is 52.1 Å². The first-order chi connectivity index (χ1) is 17.3. The fourth-order valence-electron chi connectivity index (χ4n) is 4.49. The van der Waals surface area contributed by atoms with Crippen LogP contribution in [0.2, 0.25) is 0 Å². The van der Waals surface area contributed by atoms with Crippen molar-refractivity contribution in [3.05, 3.63) is 53.9 Å². The van der Waals surface area contributed by atoms with E-state index in [1.807, 2.05) is 18.7 Å². The molecular weight excluding hydrogens is 470 g/mol. The number of hydrogen-bond acceptors (Lipinski definition) is 6. The Balaban J connectivity index is 1.55. The Kier molecular flexibility index (Phi) is 7.66. The molecule has 1 aromatic carbocycles. The fraction of sp³-hybridized carbons (Fsp3) is 0.440. The molecule has 4 rings (SSSR count). The van der Waals surface area contributed by atoms with Crippen LogP contribution in [0.15, 0.2) is 36.7 Å². The second-order valence-corrected chi connectivity index (χ2v) is 9.16. The normalized spacial score (nSPS) is 16.4. The van der Waals surface area contributed by atoms with E-state index in [0.29, 0.717) is 36.5 Å². The van der Waals surface area contributed by atoms with E-state index >= 15 is 0 Å². The highest BCUT2D eigenvalue weighted by molar-refractivity contribution is 5.95. The molecule has 2 amide bonds. The summed E-state index contributed by atoms with van der Waals surface area (Å²) >= 11 is 0. The number of nitrogens with zero attached hydrogens (tertiary/aromatic N) is 4. The van der Waals surface area contributed by atoms with Gasteiger partial charge in [0.25, 0.3) is 0 Å². The summed E-state index contributed by atoms with van der Waals surface area (Å²) < 4.78 is 34.9. The van der Waals surface area contributed by atoms with E-state index in [0.717, 1.165) is 18.6 Å². The van der Waals surface area contributed by atoms with Gasteiger partial charge in [-0.1, -0.05) is 13.8 Å². The zero-order valence-corrected chi connectivity index (χ0v) is 20.5. The first-order valence-electron chi connectivity index (χ1n) is 12.1. The molecule has 0 saturated carbocycles. The number of hydrogen-bond donors (Lipinski definition) is 2. The molecule has 1 aliphatic heterocycles. The van der Waals surface area contributed by atoms with Gasteiger partial charge in [0.05, 0.1) is 18.8 Å². The summed E-state index contributed by atoms with van der Waals surface area (Å²) in [4.78, 5) is 31.6. The maximum Gasteiger partial charge on any atom is 0.328 e. The molecule has 1 fully saturated rings. The van der Waals surface area contributed by atoms with Crippen LogP contribution in [0, 0.1) is 17.6 Å². The monoisotopic (exact) mass is 500 g/mol. The number of ether oxygens (including phenoxy) is 1. The number of aromatic nitrogens is 3. The quantitative estimate of drug-likeness (QED) is 0.444. The number of nitrogens with one attached hydrogen (secondary N) is 2. The Bertz CT molecular complexity index is 1250. The average molecular weight is 501 g/mol. The number of benzene rings is 1. The lowest BCUT2D eigenvalue weighted by atomic mass is 10.0. The Hall–Kier alpha value is -3.76. The highest BCUT2D eigenvalue weighted by atomic mass is 19.1. The second-order valence-electron chi connectivity index (χ2n) is 9.16. The maximum absolute atomic E-state index is 14.5. The van der Waals surface area contributed by atoms with Gasteiger partial charge >= 0.3 is 12.0 Å². The summed E-state index contributed by atoms with van der Waals surface area (Å²) in [5.41, 5.74) is 1.01. The highest BCUT2D eigenvalue weighted by Gasteiger charge is 2.30. The molecule has 0 spiro atoms. The minimum absolute atomic E-state index is 0.164. The van der Waals surface area contributed by atoms with E-state index < -0.39 is 29.7 Å². The van der Waals surface area contributed by atoms with Gasteiger partial charge in [0, 0.05) is 18.3 Å².